The second kappa shape index (κ2) is 5.82. The first-order chi connectivity index (χ1) is 10.2. The Labute approximate surface area is 126 Å². The summed E-state index contributed by atoms with van der Waals surface area (Å²) in [6.07, 6.45) is 9.41. The molecule has 0 aliphatic heterocycles. The molecule has 2 aromatic rings. The average molecular weight is 302 g/mol. The number of nitrogens with zero attached hydrogens (tertiary/aromatic N) is 2. The van der Waals surface area contributed by atoms with Crippen LogP contribution in [0.5, 0.6) is 0 Å². The molecule has 5 heteroatoms. The van der Waals surface area contributed by atoms with E-state index in [9.17, 15) is 9.18 Å². The summed E-state index contributed by atoms with van der Waals surface area (Å²) in [5.74, 6) is 2.22. The topological polar surface area (TPSA) is 34.4 Å². The van der Waals surface area contributed by atoms with E-state index in [1.165, 1.54) is 23.5 Å². The van der Waals surface area contributed by atoms with Gasteiger partial charge in [0.25, 0.3) is 5.91 Å². The minimum atomic E-state index is -0.301. The highest BCUT2D eigenvalue weighted by molar-refractivity contribution is 7.16. The van der Waals surface area contributed by atoms with Gasteiger partial charge in [-0.05, 0) is 31.0 Å². The van der Waals surface area contributed by atoms with Crippen LogP contribution in [-0.4, -0.2) is 10.5 Å². The number of amides is 1. The molecule has 0 unspecified atom stereocenters. The fourth-order valence-electron chi connectivity index (χ4n) is 2.73. The number of aromatic nitrogens is 1. The molecule has 0 saturated heterocycles. The predicted octanol–water partition coefficient (Wildman–Crippen LogP) is 3.09. The Morgan fingerprint density at radius 1 is 1.48 bits per heavy atom. The highest BCUT2D eigenvalue weighted by Gasteiger charge is 2.22. The zero-order valence-corrected chi connectivity index (χ0v) is 12.3. The first kappa shape index (κ1) is 14.0. The maximum absolute atomic E-state index is 13.3. The Bertz CT molecular complexity index is 791. The van der Waals surface area contributed by atoms with Crippen molar-refractivity contribution in [1.82, 2.24) is 4.57 Å². The number of carbonyl (C=O) groups excluding carboxylic acids is 1. The normalized spacial score (nSPS) is 16.5. The molecule has 0 N–H and O–H groups in total. The van der Waals surface area contributed by atoms with Crippen LogP contribution in [0.15, 0.2) is 23.2 Å². The fraction of sp³-hybridized carbons (Fsp3) is 0.375. The van der Waals surface area contributed by atoms with E-state index in [2.05, 4.69) is 10.9 Å². The van der Waals surface area contributed by atoms with Crippen molar-refractivity contribution in [1.29, 1.82) is 0 Å². The third-order valence-corrected chi connectivity index (χ3v) is 4.85. The highest BCUT2D eigenvalue weighted by Crippen LogP contribution is 2.26. The van der Waals surface area contributed by atoms with Gasteiger partial charge in [0.1, 0.15) is 5.82 Å². The number of thiazole rings is 1. The summed E-state index contributed by atoms with van der Waals surface area (Å²) in [6.45, 7) is 0.322. The second-order valence-corrected chi connectivity index (χ2v) is 6.23. The SMILES string of the molecule is C#CCn1c(=NC(=O)C2CCCC2)sc2cc(F)ccc21. The third kappa shape index (κ3) is 2.77. The molecular weight excluding hydrogens is 287 g/mol. The summed E-state index contributed by atoms with van der Waals surface area (Å²) < 4.78 is 15.9. The molecule has 1 aromatic carbocycles. The van der Waals surface area contributed by atoms with Crippen LogP contribution in [0.1, 0.15) is 25.7 Å². The first-order valence-electron chi connectivity index (χ1n) is 7.00. The molecular formula is C16H15FN2OS. The van der Waals surface area contributed by atoms with Gasteiger partial charge in [-0.1, -0.05) is 30.1 Å². The summed E-state index contributed by atoms with van der Waals surface area (Å²) in [5.41, 5.74) is 0.817. The molecule has 21 heavy (non-hydrogen) atoms. The van der Waals surface area contributed by atoms with Gasteiger partial charge < -0.3 is 4.57 Å². The number of halogens is 1. The number of rotatable bonds is 2. The van der Waals surface area contributed by atoms with E-state index in [0.29, 0.717) is 11.3 Å². The Balaban J connectivity index is 2.10. The standard InChI is InChI=1S/C16H15FN2OS/c1-2-9-19-13-8-7-12(17)10-14(13)21-16(19)18-15(20)11-5-3-4-6-11/h1,7-8,10-11H,3-6,9H2. The van der Waals surface area contributed by atoms with E-state index in [4.69, 9.17) is 6.42 Å². The molecule has 1 amide bonds. The van der Waals surface area contributed by atoms with Gasteiger partial charge in [-0.15, -0.1) is 6.42 Å². The van der Waals surface area contributed by atoms with Crippen molar-refractivity contribution in [3.63, 3.8) is 0 Å². The van der Waals surface area contributed by atoms with Crippen molar-refractivity contribution in [2.45, 2.75) is 32.2 Å². The van der Waals surface area contributed by atoms with Gasteiger partial charge in [0.05, 0.1) is 16.8 Å². The number of hydrogen-bond donors (Lipinski definition) is 0. The van der Waals surface area contributed by atoms with Crippen LogP contribution in [0.4, 0.5) is 4.39 Å². The molecule has 0 radical (unpaired) electrons. The summed E-state index contributed by atoms with van der Waals surface area (Å²) in [7, 11) is 0. The molecule has 0 atom stereocenters. The van der Waals surface area contributed by atoms with Crippen molar-refractivity contribution in [2.75, 3.05) is 0 Å². The van der Waals surface area contributed by atoms with Crippen LogP contribution in [0.2, 0.25) is 0 Å². The Morgan fingerprint density at radius 2 is 2.24 bits per heavy atom. The fourth-order valence-corrected chi connectivity index (χ4v) is 3.79. The number of hydrogen-bond acceptors (Lipinski definition) is 2. The largest absolute Gasteiger partial charge is 0.305 e. The Morgan fingerprint density at radius 3 is 2.95 bits per heavy atom. The van der Waals surface area contributed by atoms with Crippen molar-refractivity contribution >= 4 is 27.5 Å². The average Bonchev–Trinajstić information content (AvgIpc) is 3.08. The van der Waals surface area contributed by atoms with Crippen LogP contribution in [0, 0.1) is 24.1 Å². The molecule has 1 aromatic heterocycles. The van der Waals surface area contributed by atoms with Crippen LogP contribution >= 0.6 is 11.3 Å². The number of terminal acetylenes is 1. The lowest BCUT2D eigenvalue weighted by Gasteiger charge is -2.02. The minimum Gasteiger partial charge on any atom is -0.305 e. The monoisotopic (exact) mass is 302 g/mol. The van der Waals surface area contributed by atoms with Crippen molar-refractivity contribution in [2.24, 2.45) is 10.9 Å². The summed E-state index contributed by atoms with van der Waals surface area (Å²) in [6, 6.07) is 4.52. The van der Waals surface area contributed by atoms with Gasteiger partial charge in [0.15, 0.2) is 4.80 Å². The minimum absolute atomic E-state index is 0.0336. The van der Waals surface area contributed by atoms with Gasteiger partial charge in [-0.3, -0.25) is 4.79 Å². The third-order valence-electron chi connectivity index (χ3n) is 3.80. The van der Waals surface area contributed by atoms with E-state index < -0.39 is 0 Å². The lowest BCUT2D eigenvalue weighted by Crippen LogP contribution is -2.19. The van der Waals surface area contributed by atoms with E-state index in [-0.39, 0.29) is 17.6 Å². The predicted molar refractivity (Wildman–Crippen MR) is 81.1 cm³/mol. The molecule has 3 nitrogen and oxygen atoms in total. The van der Waals surface area contributed by atoms with Gasteiger partial charge in [-0.25, -0.2) is 4.39 Å². The smallest absolute Gasteiger partial charge is 0.251 e. The lowest BCUT2D eigenvalue weighted by molar-refractivity contribution is -0.121. The number of fused-ring (bicyclic) bond motifs is 1. The van der Waals surface area contributed by atoms with Crippen LogP contribution < -0.4 is 4.80 Å². The van der Waals surface area contributed by atoms with E-state index in [1.807, 2.05) is 0 Å². The molecule has 1 heterocycles. The van der Waals surface area contributed by atoms with Gasteiger partial charge in [0, 0.05) is 5.92 Å². The summed E-state index contributed by atoms with van der Waals surface area (Å²) >= 11 is 1.31. The van der Waals surface area contributed by atoms with E-state index in [0.717, 1.165) is 35.9 Å². The van der Waals surface area contributed by atoms with Crippen molar-refractivity contribution in [3.8, 4) is 12.3 Å². The van der Waals surface area contributed by atoms with Crippen LogP contribution in [0.25, 0.3) is 10.2 Å². The Hall–Kier alpha value is -1.93. The number of carbonyl (C=O) groups is 1. The molecule has 0 bridgehead atoms. The Kier molecular flexibility index (Phi) is 3.89. The molecule has 1 aliphatic rings. The lowest BCUT2D eigenvalue weighted by atomic mass is 10.1. The molecule has 0 spiro atoms. The van der Waals surface area contributed by atoms with Gasteiger partial charge in [-0.2, -0.15) is 4.99 Å². The molecule has 108 valence electrons. The van der Waals surface area contributed by atoms with Crippen LogP contribution in [-0.2, 0) is 11.3 Å². The van der Waals surface area contributed by atoms with E-state index in [1.54, 1.807) is 10.6 Å². The van der Waals surface area contributed by atoms with Crippen molar-refractivity contribution < 1.29 is 9.18 Å². The molecule has 1 saturated carbocycles. The maximum Gasteiger partial charge on any atom is 0.251 e. The van der Waals surface area contributed by atoms with Gasteiger partial charge in [0.2, 0.25) is 0 Å². The molecule has 1 fully saturated rings. The number of benzene rings is 1. The molecule has 1 aliphatic carbocycles. The first-order valence-corrected chi connectivity index (χ1v) is 7.81. The highest BCUT2D eigenvalue weighted by atomic mass is 32.1. The zero-order chi connectivity index (χ0) is 14.8. The summed E-state index contributed by atoms with van der Waals surface area (Å²) in [5, 5.41) is 0. The van der Waals surface area contributed by atoms with Crippen molar-refractivity contribution in [3.05, 3.63) is 28.8 Å². The quantitative estimate of drug-likeness (QED) is 0.785. The second-order valence-electron chi connectivity index (χ2n) is 5.22. The van der Waals surface area contributed by atoms with Crippen LogP contribution in [0.3, 0.4) is 0 Å². The van der Waals surface area contributed by atoms with Gasteiger partial charge >= 0.3 is 0 Å². The summed E-state index contributed by atoms with van der Waals surface area (Å²) in [4.78, 5) is 17.0. The molecule has 3 rings (SSSR count). The zero-order valence-electron chi connectivity index (χ0n) is 11.5. The maximum atomic E-state index is 13.3. The van der Waals surface area contributed by atoms with E-state index >= 15 is 0 Å².